The molecule has 3 heterocycles. The minimum absolute atomic E-state index is 0.157. The van der Waals surface area contributed by atoms with Crippen molar-refractivity contribution >= 4 is 46.3 Å². The monoisotopic (exact) mass is 485 g/mol. The molecule has 1 saturated heterocycles. The number of carbonyl (C=O) groups excluding carboxylic acids is 2. The van der Waals surface area contributed by atoms with Gasteiger partial charge in [0.1, 0.15) is 11.9 Å². The van der Waals surface area contributed by atoms with Gasteiger partial charge in [0, 0.05) is 13.1 Å². The molecule has 0 unspecified atom stereocenters. The van der Waals surface area contributed by atoms with Crippen LogP contribution in [-0.4, -0.2) is 37.7 Å². The maximum absolute atomic E-state index is 15.0. The van der Waals surface area contributed by atoms with Gasteiger partial charge in [-0.3, -0.25) is 9.69 Å². The fourth-order valence-electron chi connectivity index (χ4n) is 4.19. The average Bonchev–Trinajstić information content (AvgIpc) is 3.42. The first kappa shape index (κ1) is 21.7. The molecule has 6 nitrogen and oxygen atoms in total. The third-order valence-electron chi connectivity index (χ3n) is 5.88. The Kier molecular flexibility index (Phi) is 5.95. The molecule has 0 bridgehead atoms. The van der Waals surface area contributed by atoms with Crippen molar-refractivity contribution in [2.75, 3.05) is 29.4 Å². The number of rotatable bonds is 5. The van der Waals surface area contributed by atoms with Gasteiger partial charge in [0.2, 0.25) is 0 Å². The number of thiophene rings is 1. The van der Waals surface area contributed by atoms with E-state index >= 15 is 4.39 Å². The molecular weight excluding hydrogens is 465 g/mol. The molecule has 3 aromatic rings. The number of hydrogen-bond donors (Lipinski definition) is 1. The Morgan fingerprint density at radius 2 is 2.00 bits per heavy atom. The quantitative estimate of drug-likeness (QED) is 0.560. The van der Waals surface area contributed by atoms with Gasteiger partial charge in [-0.1, -0.05) is 35.9 Å². The summed E-state index contributed by atoms with van der Waals surface area (Å²) in [6.45, 7) is 1.76. The van der Waals surface area contributed by atoms with Crippen molar-refractivity contribution in [3.05, 3.63) is 80.8 Å². The first-order chi connectivity index (χ1) is 16.0. The Hall–Kier alpha value is -3.10. The zero-order valence-electron chi connectivity index (χ0n) is 17.6. The molecule has 33 heavy (non-hydrogen) atoms. The molecule has 170 valence electrons. The van der Waals surface area contributed by atoms with Gasteiger partial charge >= 0.3 is 6.09 Å². The summed E-state index contributed by atoms with van der Waals surface area (Å²) in [7, 11) is 0. The van der Waals surface area contributed by atoms with E-state index in [2.05, 4.69) is 17.4 Å². The topological polar surface area (TPSA) is 61.9 Å². The first-order valence-electron chi connectivity index (χ1n) is 10.6. The second-order valence-corrected chi connectivity index (χ2v) is 9.72. The Morgan fingerprint density at radius 1 is 1.18 bits per heavy atom. The van der Waals surface area contributed by atoms with Gasteiger partial charge < -0.3 is 15.0 Å². The Bertz CT molecular complexity index is 1220. The van der Waals surface area contributed by atoms with Crippen LogP contribution >= 0.6 is 22.9 Å². The van der Waals surface area contributed by atoms with Crippen LogP contribution < -0.4 is 15.1 Å². The highest BCUT2D eigenvalue weighted by molar-refractivity contribution is 7.18. The summed E-state index contributed by atoms with van der Waals surface area (Å²) in [6.07, 6.45) is -0.230. The van der Waals surface area contributed by atoms with E-state index in [1.54, 1.807) is 24.3 Å². The van der Waals surface area contributed by atoms with Crippen molar-refractivity contribution < 1.29 is 18.7 Å². The zero-order valence-corrected chi connectivity index (χ0v) is 19.2. The fourth-order valence-corrected chi connectivity index (χ4v) is 5.15. The third-order valence-corrected chi connectivity index (χ3v) is 7.11. The lowest BCUT2D eigenvalue weighted by molar-refractivity contribution is 0.0920. The molecule has 2 amide bonds. The lowest BCUT2D eigenvalue weighted by Gasteiger charge is -2.31. The number of nitrogens with zero attached hydrogens (tertiary/aromatic N) is 2. The van der Waals surface area contributed by atoms with Crippen molar-refractivity contribution in [1.82, 2.24) is 5.32 Å². The lowest BCUT2D eigenvalue weighted by atomic mass is 9.99. The van der Waals surface area contributed by atoms with E-state index in [-0.39, 0.29) is 24.8 Å². The van der Waals surface area contributed by atoms with Crippen LogP contribution in [0.4, 0.5) is 20.6 Å². The second-order valence-electron chi connectivity index (χ2n) is 8.01. The largest absolute Gasteiger partial charge is 0.442 e. The number of halogens is 2. The highest BCUT2D eigenvalue weighted by atomic mass is 35.5. The maximum atomic E-state index is 15.0. The number of cyclic esters (lactones) is 1. The number of anilines is 2. The van der Waals surface area contributed by atoms with Crippen molar-refractivity contribution in [3.63, 3.8) is 0 Å². The molecule has 1 fully saturated rings. The van der Waals surface area contributed by atoms with Gasteiger partial charge in [-0.25, -0.2) is 9.18 Å². The summed E-state index contributed by atoms with van der Waals surface area (Å²) in [5, 5.41) is 2.75. The van der Waals surface area contributed by atoms with E-state index in [4.69, 9.17) is 16.3 Å². The number of amides is 2. The van der Waals surface area contributed by atoms with Crippen LogP contribution in [0.2, 0.25) is 4.34 Å². The number of benzene rings is 2. The van der Waals surface area contributed by atoms with E-state index in [1.807, 2.05) is 17.0 Å². The van der Waals surface area contributed by atoms with E-state index in [0.717, 1.165) is 13.0 Å². The summed E-state index contributed by atoms with van der Waals surface area (Å²) < 4.78 is 20.9. The molecule has 5 rings (SSSR count). The molecule has 1 aromatic heterocycles. The van der Waals surface area contributed by atoms with Crippen molar-refractivity contribution in [2.24, 2.45) is 0 Å². The Morgan fingerprint density at radius 3 is 2.76 bits per heavy atom. The molecule has 2 aliphatic heterocycles. The van der Waals surface area contributed by atoms with Crippen LogP contribution in [0, 0.1) is 5.82 Å². The molecule has 0 radical (unpaired) electrons. The van der Waals surface area contributed by atoms with E-state index < -0.39 is 12.2 Å². The predicted octanol–water partition coefficient (Wildman–Crippen LogP) is 4.86. The van der Waals surface area contributed by atoms with Crippen LogP contribution in [0.15, 0.2) is 54.6 Å². The van der Waals surface area contributed by atoms with Gasteiger partial charge in [0.15, 0.2) is 0 Å². The highest BCUT2D eigenvalue weighted by Gasteiger charge is 2.33. The Labute approximate surface area is 199 Å². The van der Waals surface area contributed by atoms with Crippen LogP contribution in [-0.2, 0) is 17.7 Å². The van der Waals surface area contributed by atoms with Gasteiger partial charge in [-0.15, -0.1) is 11.3 Å². The van der Waals surface area contributed by atoms with E-state index in [1.165, 1.54) is 33.4 Å². The van der Waals surface area contributed by atoms with Crippen LogP contribution in [0.1, 0.15) is 20.8 Å². The van der Waals surface area contributed by atoms with Crippen LogP contribution in [0.3, 0.4) is 0 Å². The van der Waals surface area contributed by atoms with Gasteiger partial charge in [0.25, 0.3) is 5.91 Å². The summed E-state index contributed by atoms with van der Waals surface area (Å²) in [5.41, 5.74) is 3.44. The summed E-state index contributed by atoms with van der Waals surface area (Å²) in [4.78, 5) is 28.5. The van der Waals surface area contributed by atoms with Gasteiger partial charge in [-0.2, -0.15) is 0 Å². The highest BCUT2D eigenvalue weighted by Crippen LogP contribution is 2.31. The molecule has 1 atom stereocenters. The smallest absolute Gasteiger partial charge is 0.414 e. The van der Waals surface area contributed by atoms with Crippen LogP contribution in [0.5, 0.6) is 0 Å². The molecule has 0 spiro atoms. The summed E-state index contributed by atoms with van der Waals surface area (Å²) >= 11 is 7.04. The predicted molar refractivity (Wildman–Crippen MR) is 127 cm³/mol. The molecule has 0 saturated carbocycles. The first-order valence-corrected chi connectivity index (χ1v) is 11.8. The third kappa shape index (κ3) is 4.54. The van der Waals surface area contributed by atoms with Crippen molar-refractivity contribution in [1.29, 1.82) is 0 Å². The molecule has 1 N–H and O–H groups in total. The van der Waals surface area contributed by atoms with Crippen molar-refractivity contribution in [3.8, 4) is 0 Å². The summed E-state index contributed by atoms with van der Waals surface area (Å²) in [5.74, 6) is -0.661. The fraction of sp³-hybridized carbons (Fsp3) is 0.250. The average molecular weight is 486 g/mol. The molecule has 2 aliphatic rings. The standard InChI is InChI=1S/C24H21ClFN3O3S/c25-22-8-7-21(33-22)23(30)27-12-18-14-29(24(31)32-18)17-5-6-20(19(26)11-17)28-10-9-15-3-1-2-4-16(15)13-28/h1-8,11,18H,9-10,12-14H2,(H,27,30)/t18-/m0/s1. The molecule has 2 aromatic carbocycles. The Balaban J connectivity index is 1.23. The maximum Gasteiger partial charge on any atom is 0.414 e. The van der Waals surface area contributed by atoms with Gasteiger partial charge in [-0.05, 0) is 47.9 Å². The number of ether oxygens (including phenoxy) is 1. The van der Waals surface area contributed by atoms with Gasteiger partial charge in [0.05, 0.1) is 33.7 Å². The van der Waals surface area contributed by atoms with E-state index in [9.17, 15) is 9.59 Å². The number of fused-ring (bicyclic) bond motifs is 1. The lowest BCUT2D eigenvalue weighted by Crippen LogP contribution is -2.34. The van der Waals surface area contributed by atoms with Crippen LogP contribution in [0.25, 0.3) is 0 Å². The number of hydrogen-bond acceptors (Lipinski definition) is 5. The summed E-state index contributed by atoms with van der Waals surface area (Å²) in [6, 6.07) is 16.3. The number of nitrogens with one attached hydrogen (secondary N) is 1. The second kappa shape index (κ2) is 9.03. The molecule has 0 aliphatic carbocycles. The normalized spacial score (nSPS) is 17.6. The SMILES string of the molecule is O=C(NC[C@H]1CN(c2ccc(N3CCc4ccccc4C3)c(F)c2)C(=O)O1)c1ccc(Cl)s1. The zero-order chi connectivity index (χ0) is 22.9. The van der Waals surface area contributed by atoms with Crippen molar-refractivity contribution in [2.45, 2.75) is 19.1 Å². The number of carbonyl (C=O) groups is 2. The minimum Gasteiger partial charge on any atom is -0.442 e. The molecular formula is C24H21ClFN3O3S. The van der Waals surface area contributed by atoms with E-state index in [0.29, 0.717) is 27.1 Å². The molecule has 9 heteroatoms. The minimum atomic E-state index is -0.563.